The van der Waals surface area contributed by atoms with Crippen molar-refractivity contribution in [2.75, 3.05) is 13.1 Å². The van der Waals surface area contributed by atoms with Crippen molar-refractivity contribution in [3.05, 3.63) is 60.2 Å². The van der Waals surface area contributed by atoms with Gasteiger partial charge in [-0.15, -0.1) is 0 Å². The molecule has 0 spiro atoms. The zero-order valence-electron chi connectivity index (χ0n) is 12.0. The van der Waals surface area contributed by atoms with Crippen LogP contribution in [0.3, 0.4) is 0 Å². The second-order valence-corrected chi connectivity index (χ2v) is 6.20. The van der Waals surface area contributed by atoms with Gasteiger partial charge in [-0.05, 0) is 41.5 Å². The minimum atomic E-state index is 0.196. The van der Waals surface area contributed by atoms with Crippen LogP contribution in [0.2, 0.25) is 0 Å². The van der Waals surface area contributed by atoms with Crippen LogP contribution in [0.5, 0.6) is 0 Å². The number of hydrogen-bond donors (Lipinski definition) is 0. The summed E-state index contributed by atoms with van der Waals surface area (Å²) in [5, 5.41) is 2.21. The molecule has 1 amide bonds. The molecule has 0 aromatic heterocycles. The monoisotopic (exact) mass is 277 g/mol. The molecule has 1 aliphatic carbocycles. The molecule has 2 aliphatic rings. The Labute approximate surface area is 125 Å². The Morgan fingerprint density at radius 1 is 0.905 bits per heavy atom. The minimum absolute atomic E-state index is 0.196. The zero-order valence-corrected chi connectivity index (χ0v) is 12.0. The van der Waals surface area contributed by atoms with Gasteiger partial charge in [-0.2, -0.15) is 0 Å². The molecule has 2 aromatic carbocycles. The van der Waals surface area contributed by atoms with Crippen molar-refractivity contribution >= 4 is 16.7 Å². The van der Waals surface area contributed by atoms with Crippen molar-refractivity contribution < 1.29 is 4.79 Å². The molecular formula is C19H19NO. The van der Waals surface area contributed by atoms with Gasteiger partial charge in [-0.25, -0.2) is 0 Å². The topological polar surface area (TPSA) is 20.3 Å². The third kappa shape index (κ3) is 2.15. The summed E-state index contributed by atoms with van der Waals surface area (Å²) in [6.07, 6.45) is 6.80. The van der Waals surface area contributed by atoms with Gasteiger partial charge in [0.1, 0.15) is 0 Å². The molecule has 0 N–H and O–H groups in total. The Morgan fingerprint density at radius 3 is 2.33 bits per heavy atom. The van der Waals surface area contributed by atoms with Crippen LogP contribution in [0.4, 0.5) is 0 Å². The molecule has 21 heavy (non-hydrogen) atoms. The first-order chi connectivity index (χ1) is 10.3. The molecule has 2 atom stereocenters. The van der Waals surface area contributed by atoms with Crippen molar-refractivity contribution in [2.24, 2.45) is 11.8 Å². The number of carbonyl (C=O) groups is 1. The Morgan fingerprint density at radius 2 is 1.57 bits per heavy atom. The average Bonchev–Trinajstić information content (AvgIpc) is 2.97. The summed E-state index contributed by atoms with van der Waals surface area (Å²) in [5.41, 5.74) is 0.847. The predicted octanol–water partition coefficient (Wildman–Crippen LogP) is 3.88. The van der Waals surface area contributed by atoms with E-state index in [0.29, 0.717) is 11.8 Å². The summed E-state index contributed by atoms with van der Waals surface area (Å²) < 4.78 is 0. The highest BCUT2D eigenvalue weighted by Crippen LogP contribution is 2.34. The molecule has 0 radical (unpaired) electrons. The average molecular weight is 277 g/mol. The first kappa shape index (κ1) is 12.6. The molecule has 4 rings (SSSR count). The van der Waals surface area contributed by atoms with Gasteiger partial charge in [0, 0.05) is 18.7 Å². The summed E-state index contributed by atoms with van der Waals surface area (Å²) in [6, 6.07) is 14.2. The van der Waals surface area contributed by atoms with Gasteiger partial charge >= 0.3 is 0 Å². The highest BCUT2D eigenvalue weighted by atomic mass is 16.2. The van der Waals surface area contributed by atoms with Crippen molar-refractivity contribution in [2.45, 2.75) is 12.8 Å². The van der Waals surface area contributed by atoms with Crippen LogP contribution in [0.1, 0.15) is 23.2 Å². The van der Waals surface area contributed by atoms with Crippen molar-refractivity contribution in [1.29, 1.82) is 0 Å². The lowest BCUT2D eigenvalue weighted by Crippen LogP contribution is -2.29. The normalized spacial score (nSPS) is 24.3. The van der Waals surface area contributed by atoms with Crippen LogP contribution in [0.25, 0.3) is 10.8 Å². The largest absolute Gasteiger partial charge is 0.338 e. The molecule has 2 nitrogen and oxygen atoms in total. The van der Waals surface area contributed by atoms with E-state index in [0.717, 1.165) is 42.3 Å². The number of allylic oxidation sites excluding steroid dienone is 2. The fourth-order valence-electron chi connectivity index (χ4n) is 3.76. The Balaban J connectivity index is 1.65. The fourth-order valence-corrected chi connectivity index (χ4v) is 3.76. The molecule has 1 aliphatic heterocycles. The summed E-state index contributed by atoms with van der Waals surface area (Å²) in [5.74, 6) is 1.52. The number of amides is 1. The van der Waals surface area contributed by atoms with Crippen LogP contribution in [0, 0.1) is 11.8 Å². The minimum Gasteiger partial charge on any atom is -0.338 e. The number of carbonyl (C=O) groups excluding carboxylic acids is 1. The van der Waals surface area contributed by atoms with Crippen LogP contribution in [0.15, 0.2) is 54.6 Å². The molecule has 2 unspecified atom stereocenters. The molecular weight excluding hydrogens is 258 g/mol. The van der Waals surface area contributed by atoms with Crippen molar-refractivity contribution in [1.82, 2.24) is 4.90 Å². The first-order valence-corrected chi connectivity index (χ1v) is 7.75. The van der Waals surface area contributed by atoms with Crippen LogP contribution >= 0.6 is 0 Å². The predicted molar refractivity (Wildman–Crippen MR) is 85.2 cm³/mol. The van der Waals surface area contributed by atoms with E-state index in [2.05, 4.69) is 29.2 Å². The first-order valence-electron chi connectivity index (χ1n) is 7.75. The quantitative estimate of drug-likeness (QED) is 0.724. The third-order valence-corrected chi connectivity index (χ3v) is 4.93. The lowest BCUT2D eigenvalue weighted by atomic mass is 9.86. The number of hydrogen-bond acceptors (Lipinski definition) is 1. The van der Waals surface area contributed by atoms with E-state index in [9.17, 15) is 4.79 Å². The number of benzene rings is 2. The Bertz CT molecular complexity index is 697. The Hall–Kier alpha value is -2.09. The van der Waals surface area contributed by atoms with Crippen molar-refractivity contribution in [3.63, 3.8) is 0 Å². The van der Waals surface area contributed by atoms with E-state index in [1.54, 1.807) is 0 Å². The van der Waals surface area contributed by atoms with E-state index in [-0.39, 0.29) is 5.91 Å². The Kier molecular flexibility index (Phi) is 3.03. The maximum atomic E-state index is 12.9. The molecule has 0 bridgehead atoms. The van der Waals surface area contributed by atoms with Crippen LogP contribution in [-0.4, -0.2) is 23.9 Å². The highest BCUT2D eigenvalue weighted by Gasteiger charge is 2.35. The lowest BCUT2D eigenvalue weighted by Gasteiger charge is -2.17. The maximum absolute atomic E-state index is 12.9. The second kappa shape index (κ2) is 5.03. The maximum Gasteiger partial charge on any atom is 0.254 e. The van der Waals surface area contributed by atoms with E-state index >= 15 is 0 Å². The molecule has 1 fully saturated rings. The number of likely N-dealkylation sites (tertiary alicyclic amines) is 1. The third-order valence-electron chi connectivity index (χ3n) is 4.93. The molecule has 0 saturated carbocycles. The van der Waals surface area contributed by atoms with Crippen LogP contribution in [-0.2, 0) is 0 Å². The standard InChI is InChI=1S/C19H19NO/c21-19(20-12-15-7-1-2-8-16(15)13-20)18-11-5-9-14-6-3-4-10-17(14)18/h1-6,9-11,15-16H,7-8,12-13H2. The van der Waals surface area contributed by atoms with Crippen molar-refractivity contribution in [3.8, 4) is 0 Å². The van der Waals surface area contributed by atoms with E-state index in [4.69, 9.17) is 0 Å². The SMILES string of the molecule is O=C(c1cccc2ccccc12)N1CC2CC=CCC2C1. The van der Waals surface area contributed by atoms with Gasteiger partial charge in [-0.3, -0.25) is 4.79 Å². The van der Waals surface area contributed by atoms with Gasteiger partial charge in [0.25, 0.3) is 5.91 Å². The molecule has 2 aromatic rings. The van der Waals surface area contributed by atoms with Gasteiger partial charge in [0.2, 0.25) is 0 Å². The van der Waals surface area contributed by atoms with E-state index in [1.807, 2.05) is 30.3 Å². The van der Waals surface area contributed by atoms with Crippen LogP contribution < -0.4 is 0 Å². The summed E-state index contributed by atoms with van der Waals surface area (Å²) >= 11 is 0. The summed E-state index contributed by atoms with van der Waals surface area (Å²) in [6.45, 7) is 1.83. The zero-order chi connectivity index (χ0) is 14.2. The number of nitrogens with zero attached hydrogens (tertiary/aromatic N) is 1. The van der Waals surface area contributed by atoms with Gasteiger partial charge in [0.05, 0.1) is 0 Å². The lowest BCUT2D eigenvalue weighted by molar-refractivity contribution is 0.0786. The smallest absolute Gasteiger partial charge is 0.254 e. The summed E-state index contributed by atoms with van der Waals surface area (Å²) in [4.78, 5) is 15.0. The van der Waals surface area contributed by atoms with E-state index in [1.165, 1.54) is 0 Å². The molecule has 2 heteroatoms. The fraction of sp³-hybridized carbons (Fsp3) is 0.316. The van der Waals surface area contributed by atoms with Gasteiger partial charge in [-0.1, -0.05) is 48.6 Å². The molecule has 1 heterocycles. The van der Waals surface area contributed by atoms with E-state index < -0.39 is 0 Å². The molecule has 1 saturated heterocycles. The highest BCUT2D eigenvalue weighted by molar-refractivity contribution is 6.07. The van der Waals surface area contributed by atoms with Gasteiger partial charge < -0.3 is 4.90 Å². The van der Waals surface area contributed by atoms with Gasteiger partial charge in [0.15, 0.2) is 0 Å². The molecule has 106 valence electrons. The number of rotatable bonds is 1. The summed E-state index contributed by atoms with van der Waals surface area (Å²) in [7, 11) is 0. The second-order valence-electron chi connectivity index (χ2n) is 6.20. The number of fused-ring (bicyclic) bond motifs is 2.